The summed E-state index contributed by atoms with van der Waals surface area (Å²) in [6.45, 7) is 0. The third kappa shape index (κ3) is 8.85. The molecule has 0 amide bonds. The van der Waals surface area contributed by atoms with Gasteiger partial charge in [0.15, 0.2) is 0 Å². The van der Waals surface area contributed by atoms with Crippen molar-refractivity contribution in [2.75, 3.05) is 0 Å². The monoisotopic (exact) mass is 176 g/mol. The molecular formula is CuLiNiTi. The van der Waals surface area contributed by atoms with E-state index in [2.05, 4.69) is 0 Å². The molecule has 0 aliphatic heterocycles. The van der Waals surface area contributed by atoms with E-state index in [1.54, 1.807) is 0 Å². The van der Waals surface area contributed by atoms with Crippen LogP contribution in [0.3, 0.4) is 0 Å². The third-order valence-corrected chi connectivity index (χ3v) is 0. The number of hydrogen-bond acceptors (Lipinski definition) is 0. The molecule has 0 N–H and O–H groups in total. The van der Waals surface area contributed by atoms with E-state index in [0.29, 0.717) is 0 Å². The molecule has 0 spiro atoms. The minimum atomic E-state index is 0. The second kappa shape index (κ2) is 18.4. The SMILES string of the molecule is [Cu].[Li].[Ni].[Ti]. The molecule has 26 valence electrons. The van der Waals surface area contributed by atoms with Gasteiger partial charge in [0, 0.05) is 74.1 Å². The second-order valence-corrected chi connectivity index (χ2v) is 0. The van der Waals surface area contributed by atoms with Crippen molar-refractivity contribution in [3.8, 4) is 0 Å². The minimum absolute atomic E-state index is 0. The molecule has 0 aliphatic rings. The summed E-state index contributed by atoms with van der Waals surface area (Å²) < 4.78 is 0. The molecule has 0 aromatic heterocycles. The fourth-order valence-corrected chi connectivity index (χ4v) is 0. The average molecular weight is 177 g/mol. The Hall–Kier alpha value is 2.32. The Labute approximate surface area is 73.3 Å². The summed E-state index contributed by atoms with van der Waals surface area (Å²) in [4.78, 5) is 0. The molecule has 0 unspecified atom stereocenters. The fraction of sp³-hybridized carbons (Fsp3) is 0. The first-order valence-electron chi connectivity index (χ1n) is 0. The van der Waals surface area contributed by atoms with E-state index >= 15 is 0 Å². The minimum Gasteiger partial charge on any atom is 0 e. The van der Waals surface area contributed by atoms with Crippen LogP contribution < -0.4 is 0 Å². The van der Waals surface area contributed by atoms with Crippen molar-refractivity contribution in [2.45, 2.75) is 0 Å². The van der Waals surface area contributed by atoms with Crippen molar-refractivity contribution in [2.24, 2.45) is 0 Å². The molecule has 0 bridgehead atoms. The molecule has 0 aliphatic carbocycles. The van der Waals surface area contributed by atoms with Crippen LogP contribution in [0.4, 0.5) is 0 Å². The van der Waals surface area contributed by atoms with Crippen molar-refractivity contribution in [1.82, 2.24) is 0 Å². The predicted molar refractivity (Wildman–Crippen MR) is 5.75 cm³/mol. The summed E-state index contributed by atoms with van der Waals surface area (Å²) >= 11 is 0. The van der Waals surface area contributed by atoms with Gasteiger partial charge in [0.2, 0.25) is 0 Å². The summed E-state index contributed by atoms with van der Waals surface area (Å²) in [5, 5.41) is 0. The topological polar surface area (TPSA) is 0 Å². The molecule has 4 heteroatoms. The van der Waals surface area contributed by atoms with Crippen molar-refractivity contribution >= 4 is 18.9 Å². The smallest absolute Gasteiger partial charge is 0 e. The molecule has 0 aromatic carbocycles. The molecule has 0 nitrogen and oxygen atoms in total. The van der Waals surface area contributed by atoms with Crippen LogP contribution in [0.25, 0.3) is 0 Å². The summed E-state index contributed by atoms with van der Waals surface area (Å²) in [5.41, 5.74) is 0. The van der Waals surface area contributed by atoms with Crippen molar-refractivity contribution in [3.05, 3.63) is 0 Å². The van der Waals surface area contributed by atoms with Gasteiger partial charge >= 0.3 is 0 Å². The Morgan fingerprint density at radius 1 is 1.00 bits per heavy atom. The van der Waals surface area contributed by atoms with Gasteiger partial charge in [0.25, 0.3) is 0 Å². The van der Waals surface area contributed by atoms with E-state index in [-0.39, 0.29) is 74.1 Å². The summed E-state index contributed by atoms with van der Waals surface area (Å²) in [6.07, 6.45) is 0. The Kier molecular flexibility index (Phi) is 153. The maximum atomic E-state index is 0. The number of hydrogen-bond donors (Lipinski definition) is 0. The van der Waals surface area contributed by atoms with Gasteiger partial charge < -0.3 is 0 Å². The quantitative estimate of drug-likeness (QED) is 0.442. The fourth-order valence-electron chi connectivity index (χ4n) is 0. The van der Waals surface area contributed by atoms with Gasteiger partial charge in [-0.05, 0) is 0 Å². The van der Waals surface area contributed by atoms with Crippen molar-refractivity contribution in [1.29, 1.82) is 0 Å². The molecule has 0 aromatic rings. The first-order chi connectivity index (χ1) is 0. The van der Waals surface area contributed by atoms with Crippen LogP contribution in [0.2, 0.25) is 0 Å². The van der Waals surface area contributed by atoms with Gasteiger partial charge in [-0.3, -0.25) is 0 Å². The van der Waals surface area contributed by atoms with E-state index in [4.69, 9.17) is 0 Å². The van der Waals surface area contributed by atoms with Crippen LogP contribution in [-0.4, -0.2) is 18.9 Å². The first kappa shape index (κ1) is 33.2. The first-order valence-corrected chi connectivity index (χ1v) is 0. The molecule has 0 atom stereocenters. The normalized spacial score (nSPS) is 0. The molecule has 4 heavy (non-hydrogen) atoms. The Morgan fingerprint density at radius 2 is 1.00 bits per heavy atom. The number of rotatable bonds is 0. The second-order valence-electron chi connectivity index (χ2n) is 0. The van der Waals surface area contributed by atoms with Gasteiger partial charge in [-0.1, -0.05) is 0 Å². The van der Waals surface area contributed by atoms with Crippen molar-refractivity contribution < 1.29 is 55.3 Å². The third-order valence-electron chi connectivity index (χ3n) is 0. The maximum absolute atomic E-state index is 0. The molecule has 0 saturated carbocycles. The van der Waals surface area contributed by atoms with Crippen LogP contribution in [0, 0.1) is 0 Å². The molecule has 0 rings (SSSR count). The Bertz CT molecular complexity index is 8.00. The van der Waals surface area contributed by atoms with Gasteiger partial charge in [-0.15, -0.1) is 0 Å². The van der Waals surface area contributed by atoms with E-state index < -0.39 is 0 Å². The zero-order valence-electron chi connectivity index (χ0n) is 2.12. The van der Waals surface area contributed by atoms with Crippen LogP contribution in [0.5, 0.6) is 0 Å². The average Bonchev–Trinajstić information content (AvgIpc) is 0. The van der Waals surface area contributed by atoms with Gasteiger partial charge in [-0.25, -0.2) is 0 Å². The van der Waals surface area contributed by atoms with Gasteiger partial charge in [-0.2, -0.15) is 0 Å². The maximum Gasteiger partial charge on any atom is 0 e. The van der Waals surface area contributed by atoms with E-state index in [1.807, 2.05) is 0 Å². The van der Waals surface area contributed by atoms with Crippen LogP contribution >= 0.6 is 0 Å². The zero-order chi connectivity index (χ0) is 0. The van der Waals surface area contributed by atoms with Crippen molar-refractivity contribution in [3.63, 3.8) is 0 Å². The molecule has 0 saturated heterocycles. The van der Waals surface area contributed by atoms with Crippen LogP contribution in [-0.2, 0) is 55.3 Å². The van der Waals surface area contributed by atoms with Gasteiger partial charge in [0.05, 0.1) is 0 Å². The molecule has 0 fully saturated rings. The molecular weight excluding hydrogens is 177 g/mol. The molecule has 2 radical (unpaired) electrons. The summed E-state index contributed by atoms with van der Waals surface area (Å²) in [6, 6.07) is 0. The summed E-state index contributed by atoms with van der Waals surface area (Å²) in [5.74, 6) is 0. The summed E-state index contributed by atoms with van der Waals surface area (Å²) in [7, 11) is 0. The van der Waals surface area contributed by atoms with E-state index in [0.717, 1.165) is 0 Å². The van der Waals surface area contributed by atoms with E-state index in [9.17, 15) is 0 Å². The predicted octanol–water partition coefficient (Wildman–Crippen LogP) is -0.388. The van der Waals surface area contributed by atoms with E-state index in [1.165, 1.54) is 0 Å². The van der Waals surface area contributed by atoms with Crippen LogP contribution in [0.15, 0.2) is 0 Å². The Balaban J connectivity index is 0. The molecule has 0 heterocycles. The largest absolute Gasteiger partial charge is 0 e. The van der Waals surface area contributed by atoms with Gasteiger partial charge in [0.1, 0.15) is 0 Å². The standard InChI is InChI=1S/Cu.Li.Ni.Ti. The Morgan fingerprint density at radius 3 is 1.00 bits per heavy atom. The zero-order valence-corrected chi connectivity index (χ0v) is 5.61. The van der Waals surface area contributed by atoms with Crippen LogP contribution in [0.1, 0.15) is 0 Å².